The highest BCUT2D eigenvalue weighted by molar-refractivity contribution is 7.99. The van der Waals surface area contributed by atoms with Gasteiger partial charge in [-0.3, -0.25) is 4.79 Å². The number of carbonyl (C=O) groups is 1. The minimum Gasteiger partial charge on any atom is -0.343 e. The molecule has 0 spiro atoms. The molecular weight excluding hydrogens is 311 g/mol. The van der Waals surface area contributed by atoms with Gasteiger partial charge in [0.25, 0.3) is 0 Å². The first-order chi connectivity index (χ1) is 9.66. The number of hydrogen-bond donors (Lipinski definition) is 1. The molecule has 118 valence electrons. The molecule has 1 saturated heterocycles. The zero-order valence-corrected chi connectivity index (χ0v) is 13.8. The molecule has 1 aromatic rings. The van der Waals surface area contributed by atoms with Crippen molar-refractivity contribution in [3.8, 4) is 0 Å². The summed E-state index contributed by atoms with van der Waals surface area (Å²) in [4.78, 5) is 15.0. The summed E-state index contributed by atoms with van der Waals surface area (Å²) >= 11 is 1.60. The first-order valence-electron chi connectivity index (χ1n) is 7.01. The highest BCUT2D eigenvalue weighted by Gasteiger charge is 2.21. The molecule has 1 aromatic carbocycles. The van der Waals surface area contributed by atoms with Crippen molar-refractivity contribution in [2.75, 3.05) is 25.9 Å². The van der Waals surface area contributed by atoms with Crippen LogP contribution < -0.4 is 5.32 Å². The summed E-state index contributed by atoms with van der Waals surface area (Å²) in [5.74, 6) is 0.710. The van der Waals surface area contributed by atoms with E-state index in [1.807, 2.05) is 11.9 Å². The first-order valence-corrected chi connectivity index (χ1v) is 8.00. The number of rotatable bonds is 5. The van der Waals surface area contributed by atoms with Crippen LogP contribution >= 0.6 is 24.2 Å². The van der Waals surface area contributed by atoms with E-state index in [9.17, 15) is 9.18 Å². The Hall–Kier alpha value is -0.780. The lowest BCUT2D eigenvalue weighted by Gasteiger charge is -2.31. The predicted octanol–water partition coefficient (Wildman–Crippen LogP) is 2.94. The average molecular weight is 333 g/mol. The van der Waals surface area contributed by atoms with Crippen LogP contribution in [-0.4, -0.2) is 42.7 Å². The van der Waals surface area contributed by atoms with Gasteiger partial charge in [-0.15, -0.1) is 24.2 Å². The van der Waals surface area contributed by atoms with Gasteiger partial charge < -0.3 is 10.2 Å². The quantitative estimate of drug-likeness (QED) is 0.841. The van der Waals surface area contributed by atoms with Crippen LogP contribution in [0.4, 0.5) is 4.39 Å². The number of amides is 1. The Kier molecular flexibility index (Phi) is 8.07. The number of carbonyl (C=O) groups excluding carboxylic acids is 1. The van der Waals surface area contributed by atoms with E-state index in [1.54, 1.807) is 23.9 Å². The molecule has 3 nitrogen and oxygen atoms in total. The molecule has 2 rings (SSSR count). The maximum absolute atomic E-state index is 12.8. The molecule has 1 aliphatic rings. The summed E-state index contributed by atoms with van der Waals surface area (Å²) in [5, 5.41) is 3.31. The lowest BCUT2D eigenvalue weighted by atomic mass is 10.1. The van der Waals surface area contributed by atoms with Crippen molar-refractivity contribution >= 4 is 30.1 Å². The highest BCUT2D eigenvalue weighted by atomic mass is 35.5. The number of nitrogens with zero attached hydrogens (tertiary/aromatic N) is 1. The SMILES string of the molecule is CN(C(=O)CCSc1ccc(F)cc1)C1CCNCC1.Cl. The summed E-state index contributed by atoms with van der Waals surface area (Å²) in [7, 11) is 1.90. The molecule has 1 N–H and O–H groups in total. The van der Waals surface area contributed by atoms with Gasteiger partial charge in [-0.05, 0) is 50.2 Å². The second kappa shape index (κ2) is 9.28. The van der Waals surface area contributed by atoms with Crippen LogP contribution in [0.25, 0.3) is 0 Å². The maximum atomic E-state index is 12.8. The summed E-state index contributed by atoms with van der Waals surface area (Å²) in [6, 6.07) is 6.78. The van der Waals surface area contributed by atoms with Crippen molar-refractivity contribution in [3.05, 3.63) is 30.1 Å². The summed E-state index contributed by atoms with van der Waals surface area (Å²) in [5.41, 5.74) is 0. The topological polar surface area (TPSA) is 32.3 Å². The Bertz CT molecular complexity index is 438. The fourth-order valence-corrected chi connectivity index (χ4v) is 3.20. The lowest BCUT2D eigenvalue weighted by Crippen LogP contribution is -2.44. The van der Waals surface area contributed by atoms with Crippen LogP contribution in [0.5, 0.6) is 0 Å². The number of halogens is 2. The molecule has 0 aromatic heterocycles. The van der Waals surface area contributed by atoms with Gasteiger partial charge in [-0.25, -0.2) is 4.39 Å². The normalized spacial score (nSPS) is 15.3. The van der Waals surface area contributed by atoms with Crippen molar-refractivity contribution in [2.45, 2.75) is 30.2 Å². The first kappa shape index (κ1) is 18.3. The molecule has 0 bridgehead atoms. The van der Waals surface area contributed by atoms with E-state index < -0.39 is 0 Å². The van der Waals surface area contributed by atoms with Crippen LogP contribution in [0, 0.1) is 5.82 Å². The molecular formula is C15H22ClFN2OS. The summed E-state index contributed by atoms with van der Waals surface area (Å²) < 4.78 is 12.8. The monoisotopic (exact) mass is 332 g/mol. The Labute approximate surface area is 136 Å². The van der Waals surface area contributed by atoms with Gasteiger partial charge in [0.15, 0.2) is 0 Å². The van der Waals surface area contributed by atoms with E-state index in [2.05, 4.69) is 5.32 Å². The Morgan fingerprint density at radius 1 is 1.33 bits per heavy atom. The van der Waals surface area contributed by atoms with E-state index in [0.717, 1.165) is 36.6 Å². The van der Waals surface area contributed by atoms with E-state index in [1.165, 1.54) is 12.1 Å². The summed E-state index contributed by atoms with van der Waals surface area (Å²) in [6.45, 7) is 1.99. The van der Waals surface area contributed by atoms with Crippen molar-refractivity contribution in [1.29, 1.82) is 0 Å². The summed E-state index contributed by atoms with van der Waals surface area (Å²) in [6.07, 6.45) is 2.60. The largest absolute Gasteiger partial charge is 0.343 e. The van der Waals surface area contributed by atoms with Crippen LogP contribution in [0.15, 0.2) is 29.2 Å². The van der Waals surface area contributed by atoms with Crippen molar-refractivity contribution in [2.24, 2.45) is 0 Å². The third-order valence-electron chi connectivity index (χ3n) is 3.65. The van der Waals surface area contributed by atoms with E-state index >= 15 is 0 Å². The third-order valence-corrected chi connectivity index (χ3v) is 4.66. The number of thioether (sulfide) groups is 1. The fraction of sp³-hybridized carbons (Fsp3) is 0.533. The Morgan fingerprint density at radius 3 is 2.57 bits per heavy atom. The van der Waals surface area contributed by atoms with Crippen LogP contribution in [-0.2, 0) is 4.79 Å². The lowest BCUT2D eigenvalue weighted by molar-refractivity contribution is -0.131. The molecule has 0 aliphatic carbocycles. The zero-order valence-electron chi connectivity index (χ0n) is 12.2. The standard InChI is InChI=1S/C15H21FN2OS.ClH/c1-18(13-6-9-17-10-7-13)15(19)8-11-20-14-4-2-12(16)3-5-14;/h2-5,13,17H,6-11H2,1H3;1H. The number of piperidine rings is 1. The molecule has 1 fully saturated rings. The fourth-order valence-electron chi connectivity index (χ4n) is 2.36. The van der Waals surface area contributed by atoms with Gasteiger partial charge in [0.1, 0.15) is 5.82 Å². The van der Waals surface area contributed by atoms with Crippen molar-refractivity contribution in [3.63, 3.8) is 0 Å². The van der Waals surface area contributed by atoms with E-state index in [4.69, 9.17) is 0 Å². The van der Waals surface area contributed by atoms with Gasteiger partial charge >= 0.3 is 0 Å². The third kappa shape index (κ3) is 5.85. The van der Waals surface area contributed by atoms with Crippen molar-refractivity contribution < 1.29 is 9.18 Å². The Balaban J connectivity index is 0.00000220. The molecule has 0 atom stereocenters. The second-order valence-electron chi connectivity index (χ2n) is 5.04. The zero-order chi connectivity index (χ0) is 14.4. The predicted molar refractivity (Wildman–Crippen MR) is 87.7 cm³/mol. The van der Waals surface area contributed by atoms with Gasteiger partial charge in [-0.1, -0.05) is 0 Å². The average Bonchev–Trinajstić information content (AvgIpc) is 2.49. The molecule has 1 aliphatic heterocycles. The molecule has 0 radical (unpaired) electrons. The second-order valence-corrected chi connectivity index (χ2v) is 6.21. The highest BCUT2D eigenvalue weighted by Crippen LogP contribution is 2.20. The molecule has 0 saturated carbocycles. The van der Waals surface area contributed by atoms with E-state index in [-0.39, 0.29) is 24.1 Å². The molecule has 1 heterocycles. The van der Waals surface area contributed by atoms with Crippen LogP contribution in [0.1, 0.15) is 19.3 Å². The number of hydrogen-bond acceptors (Lipinski definition) is 3. The number of benzene rings is 1. The van der Waals surface area contributed by atoms with Gasteiger partial charge in [0.2, 0.25) is 5.91 Å². The Morgan fingerprint density at radius 2 is 1.95 bits per heavy atom. The molecule has 0 unspecified atom stereocenters. The molecule has 1 amide bonds. The minimum absolute atomic E-state index is 0. The molecule has 6 heteroatoms. The van der Waals surface area contributed by atoms with Gasteiger partial charge in [-0.2, -0.15) is 0 Å². The molecule has 21 heavy (non-hydrogen) atoms. The number of nitrogens with one attached hydrogen (secondary N) is 1. The van der Waals surface area contributed by atoms with Crippen LogP contribution in [0.2, 0.25) is 0 Å². The maximum Gasteiger partial charge on any atom is 0.223 e. The van der Waals surface area contributed by atoms with Crippen molar-refractivity contribution in [1.82, 2.24) is 10.2 Å². The van der Waals surface area contributed by atoms with E-state index in [0.29, 0.717) is 12.5 Å². The van der Waals surface area contributed by atoms with Gasteiger partial charge in [0, 0.05) is 30.2 Å². The van der Waals surface area contributed by atoms with Gasteiger partial charge in [0.05, 0.1) is 0 Å². The van der Waals surface area contributed by atoms with Crippen LogP contribution in [0.3, 0.4) is 0 Å². The minimum atomic E-state index is -0.226. The smallest absolute Gasteiger partial charge is 0.223 e.